The van der Waals surface area contributed by atoms with Crippen LogP contribution in [0, 0.1) is 6.92 Å². The Kier molecular flexibility index (Phi) is 3.77. The minimum absolute atomic E-state index is 0.212. The molecular weight excluding hydrogens is 284 g/mol. The molecule has 2 aromatic rings. The molecule has 2 rings (SSSR count). The molecule has 0 saturated heterocycles. The maximum absolute atomic E-state index is 12.4. The Morgan fingerprint density at radius 2 is 1.89 bits per heavy atom. The fourth-order valence-corrected chi connectivity index (χ4v) is 3.63. The monoisotopic (exact) mass is 298 g/mol. The topological polar surface area (TPSA) is 59.5 Å². The molecule has 0 bridgehead atoms. The van der Waals surface area contributed by atoms with Crippen molar-refractivity contribution in [2.24, 2.45) is 0 Å². The van der Waals surface area contributed by atoms with Crippen LogP contribution in [0.15, 0.2) is 34.5 Å². The Morgan fingerprint density at radius 3 is 2.37 bits per heavy atom. The number of ether oxygens (including phenoxy) is 1. The van der Waals surface area contributed by atoms with Gasteiger partial charge in [0.2, 0.25) is 0 Å². The van der Waals surface area contributed by atoms with Crippen LogP contribution in [0.1, 0.15) is 5.69 Å². The number of thiazole rings is 1. The second-order valence-corrected chi connectivity index (χ2v) is 6.73. The molecule has 19 heavy (non-hydrogen) atoms. The molecule has 7 heteroatoms. The maximum Gasteiger partial charge on any atom is 0.265 e. The van der Waals surface area contributed by atoms with Gasteiger partial charge in [-0.1, -0.05) is 0 Å². The van der Waals surface area contributed by atoms with E-state index in [0.717, 1.165) is 5.69 Å². The number of aryl methyl sites for hydroxylation is 1. The zero-order valence-electron chi connectivity index (χ0n) is 10.8. The molecule has 0 amide bonds. The van der Waals surface area contributed by atoms with Crippen LogP contribution in [-0.2, 0) is 10.0 Å². The Hall–Kier alpha value is -1.60. The van der Waals surface area contributed by atoms with Gasteiger partial charge in [0.05, 0.1) is 17.7 Å². The molecule has 0 spiro atoms. The van der Waals surface area contributed by atoms with Gasteiger partial charge in [-0.2, -0.15) is 0 Å². The summed E-state index contributed by atoms with van der Waals surface area (Å²) in [7, 11) is -0.544. The van der Waals surface area contributed by atoms with Crippen molar-refractivity contribution in [1.82, 2.24) is 4.98 Å². The van der Waals surface area contributed by atoms with Crippen LogP contribution in [0.4, 0.5) is 5.13 Å². The summed E-state index contributed by atoms with van der Waals surface area (Å²) in [4.78, 5) is 4.39. The number of sulfonamides is 1. The molecule has 1 heterocycles. The van der Waals surface area contributed by atoms with Gasteiger partial charge in [0.1, 0.15) is 5.75 Å². The Bertz CT molecular complexity index is 663. The fraction of sp³-hybridized carbons (Fsp3) is 0.250. The zero-order valence-corrected chi connectivity index (χ0v) is 12.5. The normalized spacial score (nSPS) is 11.3. The van der Waals surface area contributed by atoms with Crippen molar-refractivity contribution >= 4 is 26.5 Å². The fourth-order valence-electron chi connectivity index (χ4n) is 1.49. The first-order valence-corrected chi connectivity index (χ1v) is 7.82. The van der Waals surface area contributed by atoms with Crippen molar-refractivity contribution < 1.29 is 13.2 Å². The van der Waals surface area contributed by atoms with E-state index in [9.17, 15) is 8.42 Å². The van der Waals surface area contributed by atoms with E-state index >= 15 is 0 Å². The number of rotatable bonds is 4. The van der Waals surface area contributed by atoms with E-state index in [4.69, 9.17) is 4.74 Å². The number of methoxy groups -OCH3 is 1. The van der Waals surface area contributed by atoms with E-state index < -0.39 is 10.0 Å². The number of hydrogen-bond donors (Lipinski definition) is 0. The van der Waals surface area contributed by atoms with Gasteiger partial charge in [-0.05, 0) is 31.2 Å². The summed E-state index contributed by atoms with van der Waals surface area (Å²) < 4.78 is 31.0. The van der Waals surface area contributed by atoms with E-state index in [0.29, 0.717) is 10.9 Å². The molecule has 1 aromatic carbocycles. The summed E-state index contributed by atoms with van der Waals surface area (Å²) in [5, 5.41) is 2.27. The molecule has 0 atom stereocenters. The smallest absolute Gasteiger partial charge is 0.265 e. The average molecular weight is 298 g/mol. The van der Waals surface area contributed by atoms with Gasteiger partial charge in [0.15, 0.2) is 5.13 Å². The van der Waals surface area contributed by atoms with Crippen LogP contribution in [0.5, 0.6) is 5.75 Å². The van der Waals surface area contributed by atoms with Crippen LogP contribution in [0.25, 0.3) is 0 Å². The highest BCUT2D eigenvalue weighted by Crippen LogP contribution is 2.26. The van der Waals surface area contributed by atoms with Crippen LogP contribution >= 0.6 is 11.3 Å². The predicted octanol–water partition coefficient (Wildman–Crippen LogP) is 2.29. The zero-order chi connectivity index (χ0) is 14.0. The van der Waals surface area contributed by atoms with Crippen molar-refractivity contribution in [2.75, 3.05) is 18.5 Å². The molecule has 0 aliphatic rings. The van der Waals surface area contributed by atoms with E-state index in [1.54, 1.807) is 12.1 Å². The first-order valence-electron chi connectivity index (χ1n) is 5.50. The van der Waals surface area contributed by atoms with Gasteiger partial charge >= 0.3 is 0 Å². The second kappa shape index (κ2) is 5.18. The predicted molar refractivity (Wildman–Crippen MR) is 75.4 cm³/mol. The molecule has 5 nitrogen and oxygen atoms in total. The number of anilines is 1. The SMILES string of the molecule is COc1ccc(S(=O)(=O)N(C)c2nc(C)cs2)cc1. The van der Waals surface area contributed by atoms with Crippen molar-refractivity contribution in [3.63, 3.8) is 0 Å². The van der Waals surface area contributed by atoms with Gasteiger partial charge in [-0.3, -0.25) is 0 Å². The minimum atomic E-state index is -3.58. The summed E-state index contributed by atoms with van der Waals surface area (Å²) in [6.45, 7) is 1.83. The summed E-state index contributed by atoms with van der Waals surface area (Å²) in [5.41, 5.74) is 0.803. The molecule has 0 aliphatic heterocycles. The molecular formula is C12H14N2O3S2. The summed E-state index contributed by atoms with van der Waals surface area (Å²) in [5.74, 6) is 0.617. The minimum Gasteiger partial charge on any atom is -0.497 e. The highest BCUT2D eigenvalue weighted by molar-refractivity contribution is 7.93. The largest absolute Gasteiger partial charge is 0.497 e. The van der Waals surface area contributed by atoms with Crippen molar-refractivity contribution in [2.45, 2.75) is 11.8 Å². The molecule has 0 N–H and O–H groups in total. The molecule has 0 fully saturated rings. The van der Waals surface area contributed by atoms with E-state index in [1.807, 2.05) is 12.3 Å². The lowest BCUT2D eigenvalue weighted by atomic mass is 10.3. The third-order valence-corrected chi connectivity index (χ3v) is 5.51. The quantitative estimate of drug-likeness (QED) is 0.869. The van der Waals surface area contributed by atoms with E-state index in [2.05, 4.69) is 4.98 Å². The highest BCUT2D eigenvalue weighted by Gasteiger charge is 2.23. The van der Waals surface area contributed by atoms with Gasteiger partial charge in [-0.15, -0.1) is 11.3 Å². The van der Waals surface area contributed by atoms with E-state index in [1.165, 1.54) is 41.9 Å². The average Bonchev–Trinajstić information content (AvgIpc) is 2.84. The Balaban J connectivity index is 2.35. The van der Waals surface area contributed by atoms with Gasteiger partial charge in [0, 0.05) is 12.4 Å². The lowest BCUT2D eigenvalue weighted by Gasteiger charge is -2.16. The van der Waals surface area contributed by atoms with Crippen molar-refractivity contribution in [3.05, 3.63) is 35.3 Å². The number of aromatic nitrogens is 1. The Morgan fingerprint density at radius 1 is 1.26 bits per heavy atom. The number of benzene rings is 1. The van der Waals surface area contributed by atoms with Gasteiger partial charge < -0.3 is 4.74 Å². The molecule has 102 valence electrons. The van der Waals surface area contributed by atoms with Crippen LogP contribution in [-0.4, -0.2) is 27.6 Å². The van der Waals surface area contributed by atoms with Crippen LogP contribution in [0.3, 0.4) is 0 Å². The number of hydrogen-bond acceptors (Lipinski definition) is 5. The van der Waals surface area contributed by atoms with Crippen LogP contribution in [0.2, 0.25) is 0 Å². The summed E-state index contributed by atoms with van der Waals surface area (Å²) >= 11 is 1.30. The summed E-state index contributed by atoms with van der Waals surface area (Å²) in [6.07, 6.45) is 0. The third-order valence-electron chi connectivity index (χ3n) is 2.59. The molecule has 0 aliphatic carbocycles. The lowest BCUT2D eigenvalue weighted by Crippen LogP contribution is -2.26. The highest BCUT2D eigenvalue weighted by atomic mass is 32.2. The first kappa shape index (κ1) is 13.8. The standard InChI is InChI=1S/C12H14N2O3S2/c1-9-8-18-12(13-9)14(2)19(15,16)11-6-4-10(17-3)5-7-11/h4-8H,1-3H3. The maximum atomic E-state index is 12.4. The van der Waals surface area contributed by atoms with Crippen molar-refractivity contribution in [3.8, 4) is 5.75 Å². The van der Waals surface area contributed by atoms with Gasteiger partial charge in [0.25, 0.3) is 10.0 Å². The van der Waals surface area contributed by atoms with Crippen molar-refractivity contribution in [1.29, 1.82) is 0 Å². The van der Waals surface area contributed by atoms with Crippen LogP contribution < -0.4 is 9.04 Å². The number of nitrogens with zero attached hydrogens (tertiary/aromatic N) is 2. The third kappa shape index (κ3) is 2.71. The first-order chi connectivity index (χ1) is 8.95. The molecule has 0 radical (unpaired) electrons. The van der Waals surface area contributed by atoms with Gasteiger partial charge in [-0.25, -0.2) is 17.7 Å². The molecule has 0 unspecified atom stereocenters. The Labute approximate surface area is 116 Å². The summed E-state index contributed by atoms with van der Waals surface area (Å²) in [6, 6.07) is 6.28. The second-order valence-electron chi connectivity index (χ2n) is 3.92. The van der Waals surface area contributed by atoms with E-state index in [-0.39, 0.29) is 4.90 Å². The molecule has 1 aromatic heterocycles. The lowest BCUT2D eigenvalue weighted by molar-refractivity contribution is 0.414. The molecule has 0 saturated carbocycles.